The summed E-state index contributed by atoms with van der Waals surface area (Å²) in [4.78, 5) is 12.7. The van der Waals surface area contributed by atoms with Crippen LogP contribution in [0.5, 0.6) is 11.5 Å². The second kappa shape index (κ2) is 5.55. The van der Waals surface area contributed by atoms with Crippen LogP contribution >= 0.6 is 0 Å². The molecule has 0 aromatic heterocycles. The molecular weight excluding hydrogens is 234 g/mol. The van der Waals surface area contributed by atoms with Gasteiger partial charge in [0.25, 0.3) is 5.91 Å². The lowest BCUT2D eigenvalue weighted by atomic mass is 10.1. The third-order valence-electron chi connectivity index (χ3n) is 2.59. The molecule has 0 aliphatic heterocycles. The third-order valence-corrected chi connectivity index (χ3v) is 2.59. The van der Waals surface area contributed by atoms with Gasteiger partial charge < -0.3 is 20.2 Å². The number of aliphatic hydroxyl groups excluding tert-OH is 1. The number of phenolic OH excluding ortho intramolecular Hbond substituents is 2. The van der Waals surface area contributed by atoms with Crippen LogP contribution in [-0.2, 0) is 11.2 Å². The van der Waals surface area contributed by atoms with Gasteiger partial charge in [0.1, 0.15) is 6.23 Å². The van der Waals surface area contributed by atoms with Crippen LogP contribution in [0.2, 0.25) is 0 Å². The van der Waals surface area contributed by atoms with Gasteiger partial charge in [-0.2, -0.15) is 0 Å². The number of aliphatic hydroxyl groups is 1. The lowest BCUT2D eigenvalue weighted by Crippen LogP contribution is -2.38. The predicted octanol–water partition coefficient (Wildman–Crippen LogP) is 0.993. The van der Waals surface area contributed by atoms with Crippen molar-refractivity contribution in [2.45, 2.75) is 19.6 Å². The zero-order chi connectivity index (χ0) is 13.9. The number of amides is 1. The van der Waals surface area contributed by atoms with Gasteiger partial charge in [-0.1, -0.05) is 12.6 Å². The molecule has 98 valence electrons. The molecule has 0 aliphatic rings. The largest absolute Gasteiger partial charge is 0.504 e. The third kappa shape index (κ3) is 3.24. The zero-order valence-corrected chi connectivity index (χ0v) is 10.4. The molecule has 18 heavy (non-hydrogen) atoms. The van der Waals surface area contributed by atoms with Crippen LogP contribution in [0.15, 0.2) is 30.4 Å². The van der Waals surface area contributed by atoms with E-state index in [1.807, 2.05) is 0 Å². The first kappa shape index (κ1) is 14.1. The Morgan fingerprint density at radius 2 is 2.00 bits per heavy atom. The molecule has 0 bridgehead atoms. The second-order valence-corrected chi connectivity index (χ2v) is 4.20. The Hall–Kier alpha value is -2.01. The minimum atomic E-state index is -1.02. The smallest absolute Gasteiger partial charge is 0.250 e. The fourth-order valence-corrected chi connectivity index (χ4v) is 1.48. The van der Waals surface area contributed by atoms with Crippen molar-refractivity contribution in [3.8, 4) is 11.5 Å². The molecule has 1 aromatic rings. The molecule has 1 amide bonds. The van der Waals surface area contributed by atoms with Crippen LogP contribution in [0.4, 0.5) is 0 Å². The normalized spacial score (nSPS) is 11.9. The molecule has 5 nitrogen and oxygen atoms in total. The summed E-state index contributed by atoms with van der Waals surface area (Å²) in [6.07, 6.45) is -0.859. The van der Waals surface area contributed by atoms with Crippen LogP contribution in [0.25, 0.3) is 0 Å². The second-order valence-electron chi connectivity index (χ2n) is 4.20. The summed E-state index contributed by atoms with van der Waals surface area (Å²) < 4.78 is 0. The number of carbonyl (C=O) groups excluding carboxylic acids is 1. The van der Waals surface area contributed by atoms with Crippen molar-refractivity contribution < 1.29 is 20.1 Å². The van der Waals surface area contributed by atoms with Gasteiger partial charge in [0.05, 0.1) is 0 Å². The number of carbonyl (C=O) groups is 1. The number of hydrogen-bond acceptors (Lipinski definition) is 4. The molecule has 0 fully saturated rings. The SMILES string of the molecule is C=C(C)C(=O)N(C)C(O)Cc1ccc(O)c(O)c1. The Morgan fingerprint density at radius 1 is 1.39 bits per heavy atom. The minimum absolute atomic E-state index is 0.156. The van der Waals surface area contributed by atoms with Crippen molar-refractivity contribution in [1.29, 1.82) is 0 Å². The predicted molar refractivity (Wildman–Crippen MR) is 67.1 cm³/mol. The summed E-state index contributed by atoms with van der Waals surface area (Å²) in [5.41, 5.74) is 0.948. The molecule has 1 atom stereocenters. The highest BCUT2D eigenvalue weighted by Gasteiger charge is 2.18. The van der Waals surface area contributed by atoms with Crippen molar-refractivity contribution in [2.75, 3.05) is 7.05 Å². The molecule has 1 aromatic carbocycles. The number of benzene rings is 1. The number of aromatic hydroxyl groups is 2. The van der Waals surface area contributed by atoms with Crippen molar-refractivity contribution in [3.63, 3.8) is 0 Å². The number of rotatable bonds is 4. The van der Waals surface area contributed by atoms with Crippen LogP contribution in [0.3, 0.4) is 0 Å². The molecule has 1 rings (SSSR count). The maximum absolute atomic E-state index is 11.6. The Balaban J connectivity index is 2.75. The van der Waals surface area contributed by atoms with Gasteiger partial charge in [0.15, 0.2) is 11.5 Å². The zero-order valence-electron chi connectivity index (χ0n) is 10.4. The van der Waals surface area contributed by atoms with E-state index in [9.17, 15) is 15.0 Å². The van der Waals surface area contributed by atoms with E-state index in [2.05, 4.69) is 6.58 Å². The first-order chi connectivity index (χ1) is 8.32. The van der Waals surface area contributed by atoms with Crippen LogP contribution in [0.1, 0.15) is 12.5 Å². The van der Waals surface area contributed by atoms with E-state index in [-0.39, 0.29) is 23.8 Å². The first-order valence-electron chi connectivity index (χ1n) is 5.44. The van der Waals surface area contributed by atoms with E-state index in [4.69, 9.17) is 5.11 Å². The minimum Gasteiger partial charge on any atom is -0.504 e. The Bertz CT molecular complexity index is 470. The van der Waals surface area contributed by atoms with Crippen LogP contribution in [-0.4, -0.2) is 39.4 Å². The quantitative estimate of drug-likeness (QED) is 0.423. The summed E-state index contributed by atoms with van der Waals surface area (Å²) in [6, 6.07) is 4.24. The van der Waals surface area contributed by atoms with Crippen molar-refractivity contribution in [1.82, 2.24) is 4.90 Å². The van der Waals surface area contributed by atoms with Gasteiger partial charge in [-0.25, -0.2) is 0 Å². The number of nitrogens with zero attached hydrogens (tertiary/aromatic N) is 1. The van der Waals surface area contributed by atoms with Crippen molar-refractivity contribution in [2.24, 2.45) is 0 Å². The standard InChI is InChI=1S/C13H17NO4/c1-8(2)13(18)14(3)12(17)7-9-4-5-10(15)11(16)6-9/h4-6,12,15-17H,1,7H2,2-3H3. The fourth-order valence-electron chi connectivity index (χ4n) is 1.48. The number of likely N-dealkylation sites (N-methyl/N-ethyl adjacent to an activating group) is 1. The van der Waals surface area contributed by atoms with E-state index in [1.165, 1.54) is 24.1 Å². The van der Waals surface area contributed by atoms with Gasteiger partial charge in [-0.05, 0) is 24.6 Å². The summed E-state index contributed by atoms with van der Waals surface area (Å²) in [6.45, 7) is 5.08. The summed E-state index contributed by atoms with van der Waals surface area (Å²) in [5, 5.41) is 28.4. The molecule has 0 radical (unpaired) electrons. The molecule has 0 saturated heterocycles. The summed E-state index contributed by atoms with van der Waals surface area (Å²) in [5.74, 6) is -0.821. The van der Waals surface area contributed by atoms with Crippen molar-refractivity contribution in [3.05, 3.63) is 35.9 Å². The molecule has 0 heterocycles. The highest BCUT2D eigenvalue weighted by Crippen LogP contribution is 2.25. The van der Waals surface area contributed by atoms with E-state index in [0.717, 1.165) is 0 Å². The van der Waals surface area contributed by atoms with E-state index in [1.54, 1.807) is 13.0 Å². The van der Waals surface area contributed by atoms with Crippen LogP contribution < -0.4 is 0 Å². The molecule has 0 saturated carbocycles. The average molecular weight is 251 g/mol. The van der Waals surface area contributed by atoms with Crippen LogP contribution in [0, 0.1) is 0 Å². The molecule has 5 heteroatoms. The Labute approximate surface area is 106 Å². The fraction of sp³-hybridized carbons (Fsp3) is 0.308. The lowest BCUT2D eigenvalue weighted by molar-refractivity contribution is -0.134. The summed E-state index contributed by atoms with van der Waals surface area (Å²) in [7, 11) is 1.47. The maximum atomic E-state index is 11.6. The molecular formula is C13H17NO4. The van der Waals surface area contributed by atoms with E-state index < -0.39 is 6.23 Å². The maximum Gasteiger partial charge on any atom is 0.250 e. The van der Waals surface area contributed by atoms with Gasteiger partial charge in [-0.15, -0.1) is 0 Å². The topological polar surface area (TPSA) is 81.0 Å². The highest BCUT2D eigenvalue weighted by molar-refractivity contribution is 5.92. The monoisotopic (exact) mass is 251 g/mol. The highest BCUT2D eigenvalue weighted by atomic mass is 16.3. The van der Waals surface area contributed by atoms with Gasteiger partial charge in [0.2, 0.25) is 0 Å². The van der Waals surface area contributed by atoms with Gasteiger partial charge in [-0.3, -0.25) is 4.79 Å². The average Bonchev–Trinajstić information content (AvgIpc) is 2.31. The Kier molecular flexibility index (Phi) is 4.33. The first-order valence-corrected chi connectivity index (χ1v) is 5.44. The van der Waals surface area contributed by atoms with E-state index in [0.29, 0.717) is 11.1 Å². The lowest BCUT2D eigenvalue weighted by Gasteiger charge is -2.23. The molecule has 0 aliphatic carbocycles. The Morgan fingerprint density at radius 3 is 2.50 bits per heavy atom. The van der Waals surface area contributed by atoms with Crippen molar-refractivity contribution >= 4 is 5.91 Å². The van der Waals surface area contributed by atoms with Gasteiger partial charge >= 0.3 is 0 Å². The summed E-state index contributed by atoms with van der Waals surface area (Å²) >= 11 is 0. The number of phenols is 2. The van der Waals surface area contributed by atoms with E-state index >= 15 is 0 Å². The molecule has 3 N–H and O–H groups in total. The number of hydrogen-bond donors (Lipinski definition) is 3. The molecule has 1 unspecified atom stereocenters. The molecule has 0 spiro atoms. The van der Waals surface area contributed by atoms with Gasteiger partial charge in [0, 0.05) is 19.0 Å².